The van der Waals surface area contributed by atoms with Crippen molar-refractivity contribution in [1.82, 2.24) is 4.90 Å². The number of hydrogen-bond donors (Lipinski definition) is 0. The van der Waals surface area contributed by atoms with E-state index in [0.29, 0.717) is 37.6 Å². The van der Waals surface area contributed by atoms with Crippen LogP contribution in [-0.2, 0) is 0 Å². The van der Waals surface area contributed by atoms with Crippen molar-refractivity contribution in [3.63, 3.8) is 0 Å². The fraction of sp³-hybridized carbons (Fsp3) is 0.250. The summed E-state index contributed by atoms with van der Waals surface area (Å²) in [7, 11) is 0. The summed E-state index contributed by atoms with van der Waals surface area (Å²) in [5.41, 5.74) is 0.626. The number of halogens is 1. The highest BCUT2D eigenvalue weighted by Gasteiger charge is 2.25. The monoisotopic (exact) mass is 299 g/mol. The van der Waals surface area contributed by atoms with Crippen LogP contribution >= 0.6 is 0 Å². The summed E-state index contributed by atoms with van der Waals surface area (Å²) in [6, 6.07) is 9.81. The lowest BCUT2D eigenvalue weighted by Gasteiger charge is -2.36. The van der Waals surface area contributed by atoms with E-state index in [1.165, 1.54) is 12.3 Å². The van der Waals surface area contributed by atoms with Gasteiger partial charge in [0.25, 0.3) is 5.91 Å². The van der Waals surface area contributed by atoms with Crippen molar-refractivity contribution in [2.75, 3.05) is 31.1 Å². The molecule has 0 radical (unpaired) electrons. The Hall–Kier alpha value is -2.81. The molecule has 0 unspecified atom stereocenters. The average molecular weight is 299 g/mol. The zero-order valence-electron chi connectivity index (χ0n) is 11.8. The van der Waals surface area contributed by atoms with E-state index in [4.69, 9.17) is 9.68 Å². The van der Waals surface area contributed by atoms with Gasteiger partial charge in [-0.2, -0.15) is 5.26 Å². The van der Waals surface area contributed by atoms with E-state index in [-0.39, 0.29) is 11.5 Å². The molecular weight excluding hydrogens is 285 g/mol. The molecule has 2 heterocycles. The van der Waals surface area contributed by atoms with Crippen molar-refractivity contribution in [3.8, 4) is 6.07 Å². The van der Waals surface area contributed by atoms with Gasteiger partial charge in [0.15, 0.2) is 5.76 Å². The van der Waals surface area contributed by atoms with Gasteiger partial charge in [-0.15, -0.1) is 0 Å². The highest BCUT2D eigenvalue weighted by Crippen LogP contribution is 2.24. The van der Waals surface area contributed by atoms with Crippen LogP contribution < -0.4 is 4.90 Å². The first-order chi connectivity index (χ1) is 10.7. The van der Waals surface area contributed by atoms with Crippen molar-refractivity contribution in [2.45, 2.75) is 0 Å². The van der Waals surface area contributed by atoms with Crippen molar-refractivity contribution >= 4 is 11.6 Å². The van der Waals surface area contributed by atoms with E-state index >= 15 is 0 Å². The molecule has 1 amide bonds. The standard InChI is InChI=1S/C16H14FN3O2/c17-13-3-1-4-14(12(13)11-18)19-6-8-20(9-7-19)16(21)15-5-2-10-22-15/h1-5,10H,6-9H2. The summed E-state index contributed by atoms with van der Waals surface area (Å²) in [5, 5.41) is 9.10. The Kier molecular flexibility index (Phi) is 3.79. The molecule has 1 saturated heterocycles. The number of nitriles is 1. The number of hydrogen-bond acceptors (Lipinski definition) is 4. The second kappa shape index (κ2) is 5.90. The first-order valence-electron chi connectivity index (χ1n) is 6.97. The Bertz CT molecular complexity index is 713. The first kappa shape index (κ1) is 14.1. The van der Waals surface area contributed by atoms with Gasteiger partial charge in [0.2, 0.25) is 0 Å². The van der Waals surface area contributed by atoms with E-state index in [1.807, 2.05) is 11.0 Å². The maximum atomic E-state index is 13.7. The second-order valence-electron chi connectivity index (χ2n) is 5.00. The summed E-state index contributed by atoms with van der Waals surface area (Å²) < 4.78 is 18.8. The molecule has 6 heteroatoms. The smallest absolute Gasteiger partial charge is 0.289 e. The van der Waals surface area contributed by atoms with Crippen LogP contribution in [-0.4, -0.2) is 37.0 Å². The van der Waals surface area contributed by atoms with E-state index in [1.54, 1.807) is 29.2 Å². The number of carbonyl (C=O) groups is 1. The fourth-order valence-electron chi connectivity index (χ4n) is 2.59. The van der Waals surface area contributed by atoms with Crippen LogP contribution in [0.1, 0.15) is 16.1 Å². The third-order valence-corrected chi connectivity index (χ3v) is 3.74. The Morgan fingerprint density at radius 2 is 1.95 bits per heavy atom. The number of carbonyl (C=O) groups excluding carboxylic acids is 1. The minimum Gasteiger partial charge on any atom is -0.459 e. The number of piperazine rings is 1. The van der Waals surface area contributed by atoms with Crippen molar-refractivity contribution in [1.29, 1.82) is 5.26 Å². The molecule has 2 aromatic rings. The molecule has 1 aliphatic rings. The molecule has 112 valence electrons. The number of anilines is 1. The predicted molar refractivity (Wildman–Crippen MR) is 77.9 cm³/mol. The average Bonchev–Trinajstić information content (AvgIpc) is 3.08. The summed E-state index contributed by atoms with van der Waals surface area (Å²) in [5.74, 6) is -0.351. The summed E-state index contributed by atoms with van der Waals surface area (Å²) in [6.07, 6.45) is 1.47. The molecule has 1 aliphatic heterocycles. The number of benzene rings is 1. The van der Waals surface area contributed by atoms with Crippen LogP contribution in [0.2, 0.25) is 0 Å². The first-order valence-corrected chi connectivity index (χ1v) is 6.97. The lowest BCUT2D eigenvalue weighted by Crippen LogP contribution is -2.49. The Morgan fingerprint density at radius 1 is 1.18 bits per heavy atom. The molecule has 0 saturated carbocycles. The molecular formula is C16H14FN3O2. The van der Waals surface area contributed by atoms with Crippen LogP contribution in [0.5, 0.6) is 0 Å². The molecule has 1 fully saturated rings. The number of nitrogens with zero attached hydrogens (tertiary/aromatic N) is 3. The maximum Gasteiger partial charge on any atom is 0.289 e. The van der Waals surface area contributed by atoms with E-state index in [0.717, 1.165) is 0 Å². The third-order valence-electron chi connectivity index (χ3n) is 3.74. The highest BCUT2D eigenvalue weighted by molar-refractivity contribution is 5.91. The number of rotatable bonds is 2. The minimum atomic E-state index is -0.519. The van der Waals surface area contributed by atoms with Gasteiger partial charge >= 0.3 is 0 Å². The fourth-order valence-corrected chi connectivity index (χ4v) is 2.59. The Morgan fingerprint density at radius 3 is 2.59 bits per heavy atom. The molecule has 0 spiro atoms. The molecule has 1 aromatic carbocycles. The second-order valence-corrected chi connectivity index (χ2v) is 5.00. The van der Waals surface area contributed by atoms with Crippen LogP contribution in [0.15, 0.2) is 41.0 Å². The third kappa shape index (κ3) is 2.53. The number of amides is 1. The van der Waals surface area contributed by atoms with E-state index in [9.17, 15) is 9.18 Å². The Balaban J connectivity index is 1.71. The van der Waals surface area contributed by atoms with Gasteiger partial charge in [-0.05, 0) is 24.3 Å². The van der Waals surface area contributed by atoms with Gasteiger partial charge < -0.3 is 14.2 Å². The van der Waals surface area contributed by atoms with Crippen molar-refractivity contribution in [3.05, 3.63) is 53.7 Å². The largest absolute Gasteiger partial charge is 0.459 e. The quantitative estimate of drug-likeness (QED) is 0.853. The van der Waals surface area contributed by atoms with Gasteiger partial charge in [0.05, 0.1) is 12.0 Å². The van der Waals surface area contributed by atoms with Crippen LogP contribution in [0.4, 0.5) is 10.1 Å². The maximum absolute atomic E-state index is 13.7. The molecule has 22 heavy (non-hydrogen) atoms. The van der Waals surface area contributed by atoms with Crippen LogP contribution in [0, 0.1) is 17.1 Å². The van der Waals surface area contributed by atoms with Crippen molar-refractivity contribution < 1.29 is 13.6 Å². The summed E-state index contributed by atoms with van der Waals surface area (Å²) in [6.45, 7) is 2.09. The summed E-state index contributed by atoms with van der Waals surface area (Å²) in [4.78, 5) is 15.8. The molecule has 5 nitrogen and oxygen atoms in total. The molecule has 0 bridgehead atoms. The number of furan rings is 1. The predicted octanol–water partition coefficient (Wildman–Crippen LogP) is 2.25. The topological polar surface area (TPSA) is 60.5 Å². The van der Waals surface area contributed by atoms with Gasteiger partial charge in [0, 0.05) is 26.2 Å². The van der Waals surface area contributed by atoms with Crippen LogP contribution in [0.25, 0.3) is 0 Å². The van der Waals surface area contributed by atoms with Gasteiger partial charge in [-0.25, -0.2) is 4.39 Å². The van der Waals surface area contributed by atoms with Crippen molar-refractivity contribution in [2.24, 2.45) is 0 Å². The zero-order chi connectivity index (χ0) is 15.5. The lowest BCUT2D eigenvalue weighted by molar-refractivity contribution is 0.0714. The van der Waals surface area contributed by atoms with Gasteiger partial charge in [0.1, 0.15) is 17.4 Å². The minimum absolute atomic E-state index is 0.0494. The summed E-state index contributed by atoms with van der Waals surface area (Å²) >= 11 is 0. The highest BCUT2D eigenvalue weighted by atomic mass is 19.1. The molecule has 3 rings (SSSR count). The van der Waals surface area contributed by atoms with E-state index < -0.39 is 5.82 Å². The molecule has 0 aliphatic carbocycles. The SMILES string of the molecule is N#Cc1c(F)cccc1N1CCN(C(=O)c2ccco2)CC1. The van der Waals surface area contributed by atoms with Gasteiger partial charge in [-0.1, -0.05) is 6.07 Å². The molecule has 1 aromatic heterocycles. The molecule has 0 N–H and O–H groups in total. The zero-order valence-corrected chi connectivity index (χ0v) is 11.8. The molecule has 0 atom stereocenters. The van der Waals surface area contributed by atoms with E-state index in [2.05, 4.69) is 0 Å². The van der Waals surface area contributed by atoms with Gasteiger partial charge in [-0.3, -0.25) is 4.79 Å². The normalized spacial score (nSPS) is 14.7. The lowest BCUT2D eigenvalue weighted by atomic mass is 10.1. The van der Waals surface area contributed by atoms with Crippen LogP contribution in [0.3, 0.4) is 0 Å². The Labute approximate surface area is 127 Å².